The van der Waals surface area contributed by atoms with Crippen molar-refractivity contribution in [3.05, 3.63) is 53.6 Å². The van der Waals surface area contributed by atoms with Crippen LogP contribution in [0.25, 0.3) is 10.2 Å². The molecule has 0 radical (unpaired) electrons. The Hall–Kier alpha value is -2.32. The Balaban J connectivity index is 1.38. The maximum Gasteiger partial charge on any atom is 0.416 e. The molecule has 154 valence electrons. The second-order valence-corrected chi connectivity index (χ2v) is 8.36. The molecule has 0 bridgehead atoms. The topological polar surface area (TPSA) is 48.4 Å². The second-order valence-electron chi connectivity index (χ2n) is 7.33. The minimum atomic E-state index is -4.36. The first kappa shape index (κ1) is 20.0. The van der Waals surface area contributed by atoms with E-state index in [1.54, 1.807) is 0 Å². The summed E-state index contributed by atoms with van der Waals surface area (Å²) in [5.74, 6) is 0.413. The number of aliphatic hydroxyl groups is 1. The molecule has 0 saturated carbocycles. The lowest BCUT2D eigenvalue weighted by Gasteiger charge is -2.33. The second kappa shape index (κ2) is 8.20. The predicted octanol–water partition coefficient (Wildman–Crippen LogP) is 5.14. The van der Waals surface area contributed by atoms with Gasteiger partial charge in [0.2, 0.25) is 0 Å². The van der Waals surface area contributed by atoms with Crippen LogP contribution in [-0.4, -0.2) is 29.8 Å². The molecule has 1 aliphatic rings. The highest BCUT2D eigenvalue weighted by Gasteiger charge is 2.30. The molecule has 0 amide bonds. The van der Waals surface area contributed by atoms with Gasteiger partial charge in [0.05, 0.1) is 15.8 Å². The van der Waals surface area contributed by atoms with Crippen molar-refractivity contribution in [1.82, 2.24) is 4.98 Å². The van der Waals surface area contributed by atoms with E-state index in [1.165, 1.54) is 23.1 Å². The number of alkyl halides is 3. The molecule has 2 aromatic carbocycles. The van der Waals surface area contributed by atoms with E-state index in [0.717, 1.165) is 48.3 Å². The summed E-state index contributed by atoms with van der Waals surface area (Å²) in [5.41, 5.74) is 1.92. The number of fused-ring (bicyclic) bond motifs is 1. The van der Waals surface area contributed by atoms with Gasteiger partial charge in [-0.05, 0) is 54.7 Å². The molecule has 0 spiro atoms. The van der Waals surface area contributed by atoms with E-state index >= 15 is 0 Å². The van der Waals surface area contributed by atoms with Gasteiger partial charge in [-0.15, -0.1) is 0 Å². The monoisotopic (exact) mass is 421 g/mol. The fourth-order valence-corrected chi connectivity index (χ4v) is 4.40. The third-order valence-corrected chi connectivity index (χ3v) is 6.33. The van der Waals surface area contributed by atoms with E-state index < -0.39 is 11.7 Å². The molecule has 1 aliphatic heterocycles. The zero-order valence-electron chi connectivity index (χ0n) is 15.7. The van der Waals surface area contributed by atoms with E-state index in [9.17, 15) is 18.3 Å². The number of benzene rings is 2. The van der Waals surface area contributed by atoms with Gasteiger partial charge in [-0.1, -0.05) is 23.5 Å². The Morgan fingerprint density at radius 2 is 1.83 bits per heavy atom. The van der Waals surface area contributed by atoms with E-state index in [-0.39, 0.29) is 6.61 Å². The molecule has 29 heavy (non-hydrogen) atoms. The van der Waals surface area contributed by atoms with Crippen LogP contribution in [0.4, 0.5) is 24.0 Å². The Morgan fingerprint density at radius 1 is 1.10 bits per heavy atom. The van der Waals surface area contributed by atoms with Crippen LogP contribution < -0.4 is 10.2 Å². The highest BCUT2D eigenvalue weighted by molar-refractivity contribution is 7.22. The number of aromatic nitrogens is 1. The zero-order chi connectivity index (χ0) is 20.4. The minimum absolute atomic E-state index is 0.266. The molecule has 1 aromatic heterocycles. The molecule has 2 N–H and O–H groups in total. The first-order valence-electron chi connectivity index (χ1n) is 9.59. The summed E-state index contributed by atoms with van der Waals surface area (Å²) >= 11 is 1.35. The summed E-state index contributed by atoms with van der Waals surface area (Å²) < 4.78 is 39.2. The largest absolute Gasteiger partial charge is 0.416 e. The van der Waals surface area contributed by atoms with Crippen molar-refractivity contribution in [2.24, 2.45) is 5.92 Å². The van der Waals surface area contributed by atoms with Crippen LogP contribution in [0.2, 0.25) is 0 Å². The van der Waals surface area contributed by atoms with E-state index in [0.29, 0.717) is 23.1 Å². The molecule has 4 rings (SSSR count). The van der Waals surface area contributed by atoms with Crippen molar-refractivity contribution < 1.29 is 18.3 Å². The van der Waals surface area contributed by atoms with Gasteiger partial charge in [-0.25, -0.2) is 4.98 Å². The standard InChI is InChI=1S/C21H22F3N3OS/c22-21(23,24)16-3-6-19-18(11-16)26-20(29-19)25-12-14-1-4-17(5-2-14)27-9-7-15(13-28)8-10-27/h1-6,11,15,28H,7-10,12-13H2,(H,25,26). The van der Waals surface area contributed by atoms with Crippen LogP contribution >= 0.6 is 11.3 Å². The summed E-state index contributed by atoms with van der Waals surface area (Å²) in [6.45, 7) is 2.73. The average Bonchev–Trinajstić information content (AvgIpc) is 3.14. The summed E-state index contributed by atoms with van der Waals surface area (Å²) in [6.07, 6.45) is -2.35. The molecular formula is C21H22F3N3OS. The number of thiazole rings is 1. The van der Waals surface area contributed by atoms with Crippen LogP contribution in [0.5, 0.6) is 0 Å². The predicted molar refractivity (Wildman–Crippen MR) is 110 cm³/mol. The smallest absolute Gasteiger partial charge is 0.396 e. The number of nitrogens with zero attached hydrogens (tertiary/aromatic N) is 2. The number of halogens is 3. The van der Waals surface area contributed by atoms with Crippen LogP contribution in [0.15, 0.2) is 42.5 Å². The SMILES string of the molecule is OCC1CCN(c2ccc(CNc3nc4cc(C(F)(F)F)ccc4s3)cc2)CC1. The fraction of sp³-hybridized carbons (Fsp3) is 0.381. The van der Waals surface area contributed by atoms with Crippen molar-refractivity contribution >= 4 is 32.4 Å². The molecule has 0 atom stereocenters. The molecule has 3 aromatic rings. The van der Waals surface area contributed by atoms with Gasteiger partial charge in [0.25, 0.3) is 0 Å². The number of anilines is 2. The van der Waals surface area contributed by atoms with Crippen LogP contribution in [0.1, 0.15) is 24.0 Å². The van der Waals surface area contributed by atoms with Crippen LogP contribution in [0, 0.1) is 5.92 Å². The Labute approximate surface area is 171 Å². The van der Waals surface area contributed by atoms with Crippen molar-refractivity contribution in [1.29, 1.82) is 0 Å². The third kappa shape index (κ3) is 4.64. The highest BCUT2D eigenvalue weighted by atomic mass is 32.1. The van der Waals surface area contributed by atoms with Gasteiger partial charge in [-0.2, -0.15) is 13.2 Å². The molecular weight excluding hydrogens is 399 g/mol. The summed E-state index contributed by atoms with van der Waals surface area (Å²) in [4.78, 5) is 6.62. The summed E-state index contributed by atoms with van der Waals surface area (Å²) in [6, 6.07) is 11.9. The van der Waals surface area contributed by atoms with Gasteiger partial charge in [0.1, 0.15) is 0 Å². The van der Waals surface area contributed by atoms with Gasteiger partial charge in [0, 0.05) is 31.9 Å². The Kier molecular flexibility index (Phi) is 5.65. The molecule has 1 fully saturated rings. The summed E-state index contributed by atoms with van der Waals surface area (Å²) in [5, 5.41) is 13.1. The average molecular weight is 421 g/mol. The van der Waals surface area contributed by atoms with E-state index in [1.807, 2.05) is 0 Å². The number of hydrogen-bond acceptors (Lipinski definition) is 5. The number of hydrogen-bond donors (Lipinski definition) is 2. The molecule has 0 aliphatic carbocycles. The number of aliphatic hydroxyl groups excluding tert-OH is 1. The first-order valence-corrected chi connectivity index (χ1v) is 10.4. The van der Waals surface area contributed by atoms with Gasteiger partial charge in [-0.3, -0.25) is 0 Å². The van der Waals surface area contributed by atoms with Gasteiger partial charge >= 0.3 is 6.18 Å². The lowest BCUT2D eigenvalue weighted by Crippen LogP contribution is -2.34. The molecule has 1 saturated heterocycles. The number of piperidine rings is 1. The van der Waals surface area contributed by atoms with Crippen LogP contribution in [0.3, 0.4) is 0 Å². The quantitative estimate of drug-likeness (QED) is 0.599. The molecule has 2 heterocycles. The Morgan fingerprint density at radius 3 is 2.48 bits per heavy atom. The highest BCUT2D eigenvalue weighted by Crippen LogP contribution is 2.34. The van der Waals surface area contributed by atoms with Gasteiger partial charge < -0.3 is 15.3 Å². The number of rotatable bonds is 5. The van der Waals surface area contributed by atoms with Crippen molar-refractivity contribution in [2.45, 2.75) is 25.6 Å². The lowest BCUT2D eigenvalue weighted by molar-refractivity contribution is -0.137. The van der Waals surface area contributed by atoms with Gasteiger partial charge in [0.15, 0.2) is 5.13 Å². The lowest BCUT2D eigenvalue weighted by atomic mass is 9.97. The van der Waals surface area contributed by atoms with Crippen molar-refractivity contribution in [3.8, 4) is 0 Å². The maximum atomic E-state index is 12.8. The zero-order valence-corrected chi connectivity index (χ0v) is 16.6. The minimum Gasteiger partial charge on any atom is -0.396 e. The molecule has 4 nitrogen and oxygen atoms in total. The fourth-order valence-electron chi connectivity index (χ4n) is 3.56. The normalized spacial score (nSPS) is 15.8. The number of nitrogens with one attached hydrogen (secondary N) is 1. The van der Waals surface area contributed by atoms with E-state index in [4.69, 9.17) is 0 Å². The molecule has 0 unspecified atom stereocenters. The summed E-state index contributed by atoms with van der Waals surface area (Å²) in [7, 11) is 0. The van der Waals surface area contributed by atoms with E-state index in [2.05, 4.69) is 39.5 Å². The van der Waals surface area contributed by atoms with Crippen molar-refractivity contribution in [3.63, 3.8) is 0 Å². The maximum absolute atomic E-state index is 12.8. The Bertz CT molecular complexity index is 963. The van der Waals surface area contributed by atoms with Crippen LogP contribution in [-0.2, 0) is 12.7 Å². The van der Waals surface area contributed by atoms with Crippen molar-refractivity contribution in [2.75, 3.05) is 29.9 Å². The molecule has 8 heteroatoms. The third-order valence-electron chi connectivity index (χ3n) is 5.33. The first-order chi connectivity index (χ1) is 13.9.